The van der Waals surface area contributed by atoms with Crippen LogP contribution in [0.5, 0.6) is 5.75 Å². The number of carbonyl (C=O) groups excluding carboxylic acids is 1. The first-order valence-corrected chi connectivity index (χ1v) is 10.1. The molecule has 1 amide bonds. The van der Waals surface area contributed by atoms with E-state index in [1.807, 2.05) is 42.8 Å². The number of hydrogen-bond donors (Lipinski definition) is 1. The summed E-state index contributed by atoms with van der Waals surface area (Å²) in [5, 5.41) is 3.10. The third-order valence-corrected chi connectivity index (χ3v) is 5.38. The number of hydrogen-bond acceptors (Lipinski definition) is 4. The van der Waals surface area contributed by atoms with Crippen molar-refractivity contribution in [3.05, 3.63) is 83.3 Å². The van der Waals surface area contributed by atoms with Gasteiger partial charge in [0, 0.05) is 13.2 Å². The van der Waals surface area contributed by atoms with E-state index in [9.17, 15) is 9.18 Å². The number of methoxy groups -OCH3 is 1. The number of benzene rings is 2. The molecule has 1 fully saturated rings. The minimum atomic E-state index is -0.319. The van der Waals surface area contributed by atoms with Gasteiger partial charge in [0.1, 0.15) is 17.3 Å². The average molecular weight is 433 g/mol. The molecule has 2 aromatic carbocycles. The third kappa shape index (κ3) is 3.99. The van der Waals surface area contributed by atoms with Crippen LogP contribution in [0.4, 0.5) is 4.39 Å². The molecule has 0 spiro atoms. The smallest absolute Gasteiger partial charge is 0.277 e. The maximum atomic E-state index is 13.3. The number of guanidine groups is 1. The maximum absolute atomic E-state index is 13.3. The van der Waals surface area contributed by atoms with Gasteiger partial charge >= 0.3 is 0 Å². The van der Waals surface area contributed by atoms with Gasteiger partial charge in [0.05, 0.1) is 30.9 Å². The second kappa shape index (κ2) is 8.66. The van der Waals surface area contributed by atoms with Crippen LogP contribution in [0.2, 0.25) is 0 Å². The summed E-state index contributed by atoms with van der Waals surface area (Å²) in [7, 11) is 3.22. The number of amides is 1. The first kappa shape index (κ1) is 21.3. The third-order valence-electron chi connectivity index (χ3n) is 5.38. The second-order valence-electron chi connectivity index (χ2n) is 7.49. The zero-order valence-electron chi connectivity index (χ0n) is 18.3. The number of ether oxygens (including phenoxy) is 1. The lowest BCUT2D eigenvalue weighted by Gasteiger charge is -2.23. The Morgan fingerprint density at radius 1 is 1.22 bits per heavy atom. The highest BCUT2D eigenvalue weighted by molar-refractivity contribution is 6.15. The predicted octanol–water partition coefficient (Wildman–Crippen LogP) is 3.85. The minimum Gasteiger partial charge on any atom is -0.495 e. The SMILES string of the molecule is C/N=C1\N/C(=C\c2ccc(-n3cnc(C)c3)c(OC)c2)C(=O)N1[C@@H](C)c1ccc(F)cc1. The van der Waals surface area contributed by atoms with E-state index >= 15 is 0 Å². The van der Waals surface area contributed by atoms with Crippen LogP contribution in [0.3, 0.4) is 0 Å². The molecular weight excluding hydrogens is 409 g/mol. The van der Waals surface area contributed by atoms with Crippen LogP contribution in [-0.4, -0.2) is 40.5 Å². The fourth-order valence-electron chi connectivity index (χ4n) is 3.69. The molecule has 4 rings (SSSR count). The van der Waals surface area contributed by atoms with Crippen LogP contribution >= 0.6 is 0 Å². The Hall–Kier alpha value is -3.94. The number of aromatic nitrogens is 2. The molecule has 2 heterocycles. The summed E-state index contributed by atoms with van der Waals surface area (Å²) in [6, 6.07) is 11.5. The average Bonchev–Trinajstić information content (AvgIpc) is 3.36. The number of imidazole rings is 1. The highest BCUT2D eigenvalue weighted by atomic mass is 19.1. The molecule has 1 aromatic heterocycles. The number of aryl methyl sites for hydroxylation is 1. The van der Waals surface area contributed by atoms with Crippen molar-refractivity contribution < 1.29 is 13.9 Å². The van der Waals surface area contributed by atoms with E-state index in [1.165, 1.54) is 12.1 Å². The molecular formula is C24H24FN5O2. The summed E-state index contributed by atoms with van der Waals surface area (Å²) in [5.74, 6) is 0.564. The van der Waals surface area contributed by atoms with E-state index in [2.05, 4.69) is 15.3 Å². The van der Waals surface area contributed by atoms with Gasteiger partial charge in [-0.25, -0.2) is 9.37 Å². The Labute approximate surface area is 185 Å². The number of rotatable bonds is 5. The fraction of sp³-hybridized carbons (Fsp3) is 0.208. The lowest BCUT2D eigenvalue weighted by atomic mass is 10.1. The molecule has 0 unspecified atom stereocenters. The van der Waals surface area contributed by atoms with Crippen molar-refractivity contribution >= 4 is 17.9 Å². The molecule has 32 heavy (non-hydrogen) atoms. The Morgan fingerprint density at radius 2 is 1.97 bits per heavy atom. The molecule has 1 atom stereocenters. The van der Waals surface area contributed by atoms with E-state index < -0.39 is 0 Å². The number of aliphatic imine (C=N–C) groups is 1. The first-order valence-electron chi connectivity index (χ1n) is 10.1. The van der Waals surface area contributed by atoms with E-state index in [0.29, 0.717) is 17.4 Å². The minimum absolute atomic E-state index is 0.212. The Kier molecular flexibility index (Phi) is 5.77. The van der Waals surface area contributed by atoms with Crippen molar-refractivity contribution in [2.75, 3.05) is 14.2 Å². The van der Waals surface area contributed by atoms with Crippen LogP contribution in [0.25, 0.3) is 11.8 Å². The monoisotopic (exact) mass is 433 g/mol. The Bertz CT molecular complexity index is 1210. The van der Waals surface area contributed by atoms with Gasteiger partial charge in [-0.2, -0.15) is 0 Å². The summed E-state index contributed by atoms with van der Waals surface area (Å²) in [6.45, 7) is 3.80. The molecule has 1 aliphatic rings. The largest absolute Gasteiger partial charge is 0.495 e. The number of nitrogens with one attached hydrogen (secondary N) is 1. The summed E-state index contributed by atoms with van der Waals surface area (Å²) in [4.78, 5) is 23.3. The van der Waals surface area contributed by atoms with Gasteiger partial charge in [0.15, 0.2) is 0 Å². The molecule has 0 aliphatic carbocycles. The van der Waals surface area contributed by atoms with Crippen LogP contribution in [0.1, 0.15) is 29.8 Å². The van der Waals surface area contributed by atoms with Crippen LogP contribution < -0.4 is 10.1 Å². The Morgan fingerprint density at radius 3 is 2.59 bits per heavy atom. The molecule has 1 saturated heterocycles. The van der Waals surface area contributed by atoms with Gasteiger partial charge in [-0.05, 0) is 55.3 Å². The number of carbonyl (C=O) groups is 1. The molecule has 8 heteroatoms. The highest BCUT2D eigenvalue weighted by Gasteiger charge is 2.35. The molecule has 0 bridgehead atoms. The van der Waals surface area contributed by atoms with Crippen molar-refractivity contribution in [2.45, 2.75) is 19.9 Å². The summed E-state index contributed by atoms with van der Waals surface area (Å²) >= 11 is 0. The van der Waals surface area contributed by atoms with Gasteiger partial charge in [-0.1, -0.05) is 18.2 Å². The number of nitrogens with zero attached hydrogens (tertiary/aromatic N) is 4. The highest BCUT2D eigenvalue weighted by Crippen LogP contribution is 2.29. The van der Waals surface area contributed by atoms with E-state index in [1.54, 1.807) is 43.6 Å². The molecule has 0 saturated carbocycles. The lowest BCUT2D eigenvalue weighted by Crippen LogP contribution is -2.34. The molecule has 7 nitrogen and oxygen atoms in total. The van der Waals surface area contributed by atoms with E-state index in [4.69, 9.17) is 4.74 Å². The summed E-state index contributed by atoms with van der Waals surface area (Å²) in [5.41, 5.74) is 3.76. The maximum Gasteiger partial charge on any atom is 0.277 e. The van der Waals surface area contributed by atoms with Crippen molar-refractivity contribution in [1.29, 1.82) is 0 Å². The zero-order chi connectivity index (χ0) is 22.8. The second-order valence-corrected chi connectivity index (χ2v) is 7.49. The van der Waals surface area contributed by atoms with Crippen LogP contribution in [0, 0.1) is 12.7 Å². The quantitative estimate of drug-likeness (QED) is 0.621. The molecule has 0 radical (unpaired) electrons. The topological polar surface area (TPSA) is 71.7 Å². The zero-order valence-corrected chi connectivity index (χ0v) is 18.3. The summed E-state index contributed by atoms with van der Waals surface area (Å²) < 4.78 is 20.8. The van der Waals surface area contributed by atoms with Gasteiger partial charge in [-0.3, -0.25) is 14.7 Å². The van der Waals surface area contributed by atoms with Crippen molar-refractivity contribution in [2.24, 2.45) is 4.99 Å². The van der Waals surface area contributed by atoms with E-state index in [0.717, 1.165) is 22.5 Å². The predicted molar refractivity (Wildman–Crippen MR) is 121 cm³/mol. The summed E-state index contributed by atoms with van der Waals surface area (Å²) in [6.07, 6.45) is 5.40. The fourth-order valence-corrected chi connectivity index (χ4v) is 3.69. The molecule has 1 aliphatic heterocycles. The van der Waals surface area contributed by atoms with Gasteiger partial charge in [-0.15, -0.1) is 0 Å². The van der Waals surface area contributed by atoms with Crippen molar-refractivity contribution in [1.82, 2.24) is 19.8 Å². The van der Waals surface area contributed by atoms with Crippen molar-refractivity contribution in [3.63, 3.8) is 0 Å². The van der Waals surface area contributed by atoms with Gasteiger partial charge in [0.25, 0.3) is 5.91 Å². The lowest BCUT2D eigenvalue weighted by molar-refractivity contribution is -0.123. The van der Waals surface area contributed by atoms with Gasteiger partial charge in [0.2, 0.25) is 5.96 Å². The van der Waals surface area contributed by atoms with Crippen LogP contribution in [-0.2, 0) is 4.79 Å². The van der Waals surface area contributed by atoms with Crippen molar-refractivity contribution in [3.8, 4) is 11.4 Å². The normalized spacial score (nSPS) is 17.2. The van der Waals surface area contributed by atoms with Gasteiger partial charge < -0.3 is 14.6 Å². The first-order chi connectivity index (χ1) is 15.4. The number of halogens is 1. The molecule has 164 valence electrons. The van der Waals surface area contributed by atoms with Crippen LogP contribution in [0.15, 0.2) is 65.7 Å². The molecule has 1 N–H and O–H groups in total. The molecule has 3 aromatic rings. The van der Waals surface area contributed by atoms with E-state index in [-0.39, 0.29) is 17.8 Å². The Balaban J connectivity index is 1.64. The standard InChI is InChI=1S/C24H24FN5O2/c1-15-13-29(14-27-15)21-10-5-17(12-22(21)32-4)11-20-23(31)30(24(26-3)28-20)16(2)18-6-8-19(25)9-7-18/h5-14,16H,1-4H3,(H,26,28)/b20-11-/t16-/m0/s1.